The highest BCUT2D eigenvalue weighted by Crippen LogP contribution is 2.34. The summed E-state index contributed by atoms with van der Waals surface area (Å²) in [7, 11) is 1.70. The number of likely N-dealkylation sites (tertiary alicyclic amines) is 1. The fourth-order valence-electron chi connectivity index (χ4n) is 2.99. The average Bonchev–Trinajstić information content (AvgIpc) is 3.04. The Balaban J connectivity index is 2.19. The van der Waals surface area contributed by atoms with Gasteiger partial charge in [0, 0.05) is 6.04 Å². The molecule has 21 heavy (non-hydrogen) atoms. The molecule has 0 spiro atoms. The summed E-state index contributed by atoms with van der Waals surface area (Å²) in [5, 5.41) is 0. The molecule has 2 N–H and O–H groups in total. The number of rotatable bonds is 8. The molecule has 2 rings (SSSR count). The molecule has 1 aliphatic rings. The standard InChI is InChI=1S/C17H28N2O2/c1-3-12-21-16-7-6-14(13-17(16)20-2)15(8-9-18)19-10-4-5-11-19/h6-7,13,15H,3-5,8-12,18H2,1-2H3. The number of benzene rings is 1. The zero-order valence-electron chi connectivity index (χ0n) is 13.3. The van der Waals surface area contributed by atoms with E-state index in [0.29, 0.717) is 19.2 Å². The van der Waals surface area contributed by atoms with Crippen molar-refractivity contribution in [2.24, 2.45) is 5.73 Å². The number of methoxy groups -OCH3 is 1. The van der Waals surface area contributed by atoms with Crippen molar-refractivity contribution in [1.82, 2.24) is 4.90 Å². The maximum atomic E-state index is 5.82. The van der Waals surface area contributed by atoms with Gasteiger partial charge >= 0.3 is 0 Å². The van der Waals surface area contributed by atoms with Gasteiger partial charge in [0.05, 0.1) is 13.7 Å². The van der Waals surface area contributed by atoms with Gasteiger partial charge in [-0.25, -0.2) is 0 Å². The van der Waals surface area contributed by atoms with Crippen LogP contribution in [0.15, 0.2) is 18.2 Å². The van der Waals surface area contributed by atoms with E-state index in [-0.39, 0.29) is 0 Å². The molecule has 1 aromatic rings. The van der Waals surface area contributed by atoms with Gasteiger partial charge in [-0.15, -0.1) is 0 Å². The van der Waals surface area contributed by atoms with E-state index in [4.69, 9.17) is 15.2 Å². The van der Waals surface area contributed by atoms with Crippen molar-refractivity contribution >= 4 is 0 Å². The van der Waals surface area contributed by atoms with Crippen molar-refractivity contribution in [3.63, 3.8) is 0 Å². The summed E-state index contributed by atoms with van der Waals surface area (Å²) in [6.07, 6.45) is 4.55. The number of nitrogens with two attached hydrogens (primary N) is 1. The SMILES string of the molecule is CCCOc1ccc(C(CCN)N2CCCC2)cc1OC. The predicted octanol–water partition coefficient (Wildman–Crippen LogP) is 2.97. The molecule has 4 nitrogen and oxygen atoms in total. The maximum Gasteiger partial charge on any atom is 0.161 e. The van der Waals surface area contributed by atoms with Gasteiger partial charge < -0.3 is 15.2 Å². The summed E-state index contributed by atoms with van der Waals surface area (Å²) in [6, 6.07) is 6.70. The van der Waals surface area contributed by atoms with Crippen LogP contribution in [0.25, 0.3) is 0 Å². The average molecular weight is 292 g/mol. The number of nitrogens with zero attached hydrogens (tertiary/aromatic N) is 1. The summed E-state index contributed by atoms with van der Waals surface area (Å²) in [5.74, 6) is 1.65. The monoisotopic (exact) mass is 292 g/mol. The molecular weight excluding hydrogens is 264 g/mol. The Kier molecular flexibility index (Phi) is 6.33. The molecule has 1 saturated heterocycles. The summed E-state index contributed by atoms with van der Waals surface area (Å²) in [4.78, 5) is 2.54. The molecular formula is C17H28N2O2. The van der Waals surface area contributed by atoms with Crippen LogP contribution < -0.4 is 15.2 Å². The van der Waals surface area contributed by atoms with Gasteiger partial charge in [-0.05, 0) is 63.0 Å². The van der Waals surface area contributed by atoms with Gasteiger partial charge in [-0.1, -0.05) is 13.0 Å². The van der Waals surface area contributed by atoms with Crippen LogP contribution in [0.1, 0.15) is 44.2 Å². The molecule has 1 unspecified atom stereocenters. The van der Waals surface area contributed by atoms with Crippen molar-refractivity contribution in [1.29, 1.82) is 0 Å². The fourth-order valence-corrected chi connectivity index (χ4v) is 2.99. The van der Waals surface area contributed by atoms with Crippen LogP contribution in [-0.4, -0.2) is 38.3 Å². The highest BCUT2D eigenvalue weighted by Gasteiger charge is 2.23. The molecule has 1 aliphatic heterocycles. The lowest BCUT2D eigenvalue weighted by atomic mass is 10.0. The van der Waals surface area contributed by atoms with Crippen LogP contribution in [0.2, 0.25) is 0 Å². The van der Waals surface area contributed by atoms with E-state index in [9.17, 15) is 0 Å². The van der Waals surface area contributed by atoms with Crippen LogP contribution >= 0.6 is 0 Å². The summed E-state index contributed by atoms with van der Waals surface area (Å²) in [6.45, 7) is 5.86. The first-order chi connectivity index (χ1) is 10.3. The molecule has 1 aromatic carbocycles. The first-order valence-electron chi connectivity index (χ1n) is 8.05. The first kappa shape index (κ1) is 16.1. The van der Waals surface area contributed by atoms with E-state index in [0.717, 1.165) is 24.3 Å². The third kappa shape index (κ3) is 4.11. The quantitative estimate of drug-likeness (QED) is 0.800. The van der Waals surface area contributed by atoms with E-state index in [1.807, 2.05) is 6.07 Å². The molecule has 0 aliphatic carbocycles. The lowest BCUT2D eigenvalue weighted by molar-refractivity contribution is 0.234. The highest BCUT2D eigenvalue weighted by molar-refractivity contribution is 5.44. The van der Waals surface area contributed by atoms with Crippen LogP contribution in [0.4, 0.5) is 0 Å². The highest BCUT2D eigenvalue weighted by atomic mass is 16.5. The zero-order chi connectivity index (χ0) is 15.1. The first-order valence-corrected chi connectivity index (χ1v) is 8.05. The molecule has 0 bridgehead atoms. The van der Waals surface area contributed by atoms with E-state index in [1.54, 1.807) is 7.11 Å². The molecule has 0 saturated carbocycles. The van der Waals surface area contributed by atoms with Crippen LogP contribution in [0, 0.1) is 0 Å². The predicted molar refractivity (Wildman–Crippen MR) is 86.0 cm³/mol. The largest absolute Gasteiger partial charge is 0.493 e. The second-order valence-electron chi connectivity index (χ2n) is 5.59. The minimum Gasteiger partial charge on any atom is -0.493 e. The number of hydrogen-bond acceptors (Lipinski definition) is 4. The maximum absolute atomic E-state index is 5.82. The topological polar surface area (TPSA) is 47.7 Å². The molecule has 118 valence electrons. The van der Waals surface area contributed by atoms with Crippen molar-refractivity contribution in [2.45, 2.75) is 38.6 Å². The Hall–Kier alpha value is -1.26. The van der Waals surface area contributed by atoms with Crippen molar-refractivity contribution in [3.05, 3.63) is 23.8 Å². The Morgan fingerprint density at radius 2 is 2.00 bits per heavy atom. The lowest BCUT2D eigenvalue weighted by Gasteiger charge is -2.28. The molecule has 0 amide bonds. The van der Waals surface area contributed by atoms with E-state index in [1.165, 1.54) is 31.5 Å². The van der Waals surface area contributed by atoms with Gasteiger partial charge in [0.1, 0.15) is 0 Å². The Morgan fingerprint density at radius 1 is 1.24 bits per heavy atom. The van der Waals surface area contributed by atoms with Crippen LogP contribution in [-0.2, 0) is 0 Å². The van der Waals surface area contributed by atoms with E-state index < -0.39 is 0 Å². The van der Waals surface area contributed by atoms with Gasteiger partial charge in [0.2, 0.25) is 0 Å². The van der Waals surface area contributed by atoms with Crippen molar-refractivity contribution in [2.75, 3.05) is 33.4 Å². The molecule has 1 fully saturated rings. The Labute approximate surface area is 128 Å². The lowest BCUT2D eigenvalue weighted by Crippen LogP contribution is -2.27. The fraction of sp³-hybridized carbons (Fsp3) is 0.647. The van der Waals surface area contributed by atoms with Crippen LogP contribution in [0.3, 0.4) is 0 Å². The zero-order valence-corrected chi connectivity index (χ0v) is 13.3. The van der Waals surface area contributed by atoms with Crippen LogP contribution in [0.5, 0.6) is 11.5 Å². The van der Waals surface area contributed by atoms with Crippen molar-refractivity contribution < 1.29 is 9.47 Å². The molecule has 1 atom stereocenters. The summed E-state index contributed by atoms with van der Waals surface area (Å²) >= 11 is 0. The second-order valence-corrected chi connectivity index (χ2v) is 5.59. The van der Waals surface area contributed by atoms with Gasteiger partial charge in [0.25, 0.3) is 0 Å². The minimum absolute atomic E-state index is 0.395. The third-order valence-corrected chi connectivity index (χ3v) is 4.06. The second kappa shape index (κ2) is 8.25. The molecule has 4 heteroatoms. The normalized spacial score (nSPS) is 16.9. The summed E-state index contributed by atoms with van der Waals surface area (Å²) in [5.41, 5.74) is 7.10. The Morgan fingerprint density at radius 3 is 2.62 bits per heavy atom. The number of ether oxygens (including phenoxy) is 2. The van der Waals surface area contributed by atoms with Gasteiger partial charge in [0.15, 0.2) is 11.5 Å². The van der Waals surface area contributed by atoms with Crippen molar-refractivity contribution in [3.8, 4) is 11.5 Å². The van der Waals surface area contributed by atoms with E-state index in [2.05, 4.69) is 24.0 Å². The summed E-state index contributed by atoms with van der Waals surface area (Å²) < 4.78 is 11.2. The smallest absolute Gasteiger partial charge is 0.161 e. The third-order valence-electron chi connectivity index (χ3n) is 4.06. The number of hydrogen-bond donors (Lipinski definition) is 1. The molecule has 0 aromatic heterocycles. The molecule has 1 heterocycles. The minimum atomic E-state index is 0.395. The Bertz CT molecular complexity index is 431. The van der Waals surface area contributed by atoms with E-state index >= 15 is 0 Å². The van der Waals surface area contributed by atoms with Gasteiger partial charge in [-0.2, -0.15) is 0 Å². The van der Waals surface area contributed by atoms with Gasteiger partial charge in [-0.3, -0.25) is 4.90 Å². The molecule has 0 radical (unpaired) electrons.